The molecule has 0 aromatic rings. The van der Waals surface area contributed by atoms with E-state index in [1.165, 1.54) is 180 Å². The molecule has 10 heteroatoms. The molecule has 0 bridgehead atoms. The van der Waals surface area contributed by atoms with Gasteiger partial charge in [0.2, 0.25) is 0 Å². The average molecular weight is 857 g/mol. The van der Waals surface area contributed by atoms with E-state index < -0.39 is 49.4 Å². The summed E-state index contributed by atoms with van der Waals surface area (Å²) in [5.41, 5.74) is 0. The molecule has 0 aromatic heterocycles. The van der Waals surface area contributed by atoms with Crippen LogP contribution in [0.4, 0.5) is 0 Å². The molecular weight excluding hydrogens is 761 g/mol. The molecular formula is C50H96O10. The highest BCUT2D eigenvalue weighted by Crippen LogP contribution is 2.23. The predicted molar refractivity (Wildman–Crippen MR) is 243 cm³/mol. The van der Waals surface area contributed by atoms with Crippen LogP contribution in [-0.2, 0) is 28.5 Å². The van der Waals surface area contributed by atoms with Gasteiger partial charge in [-0.2, -0.15) is 0 Å². The van der Waals surface area contributed by atoms with E-state index in [0.29, 0.717) is 6.42 Å². The number of hydrogen-bond acceptors (Lipinski definition) is 10. The lowest BCUT2D eigenvalue weighted by atomic mass is 9.99. The Hall–Kier alpha value is -1.30. The Morgan fingerprint density at radius 2 is 0.783 bits per heavy atom. The second-order valence-electron chi connectivity index (χ2n) is 18.0. The van der Waals surface area contributed by atoms with Crippen LogP contribution in [0.15, 0.2) is 0 Å². The van der Waals surface area contributed by atoms with Gasteiger partial charge in [0.25, 0.3) is 0 Å². The Morgan fingerprint density at radius 1 is 0.450 bits per heavy atom. The van der Waals surface area contributed by atoms with Crippen molar-refractivity contribution in [3.05, 3.63) is 0 Å². The Balaban J connectivity index is 2.24. The van der Waals surface area contributed by atoms with E-state index in [2.05, 4.69) is 13.8 Å². The van der Waals surface area contributed by atoms with E-state index in [9.17, 15) is 30.0 Å². The third-order valence-electron chi connectivity index (χ3n) is 12.2. The molecule has 10 nitrogen and oxygen atoms in total. The van der Waals surface area contributed by atoms with Gasteiger partial charge in [-0.05, 0) is 12.8 Å². The highest BCUT2D eigenvalue weighted by atomic mass is 16.7. The fourth-order valence-electron chi connectivity index (χ4n) is 8.19. The van der Waals surface area contributed by atoms with E-state index in [1.807, 2.05) is 0 Å². The van der Waals surface area contributed by atoms with Crippen LogP contribution >= 0.6 is 0 Å². The Labute approximate surface area is 368 Å². The minimum absolute atomic E-state index is 0.208. The number of aliphatic hydroxyl groups excluding tert-OH is 4. The molecule has 0 spiro atoms. The average Bonchev–Trinajstić information content (AvgIpc) is 3.25. The number of hydrogen-bond donors (Lipinski definition) is 4. The molecule has 0 amide bonds. The van der Waals surface area contributed by atoms with Crippen molar-refractivity contribution in [3.8, 4) is 0 Å². The van der Waals surface area contributed by atoms with Crippen molar-refractivity contribution in [2.24, 2.45) is 0 Å². The third-order valence-corrected chi connectivity index (χ3v) is 12.2. The van der Waals surface area contributed by atoms with Crippen LogP contribution in [0.25, 0.3) is 0 Å². The minimum atomic E-state index is -1.59. The zero-order chi connectivity index (χ0) is 43.7. The molecule has 1 rings (SSSR count). The van der Waals surface area contributed by atoms with Gasteiger partial charge in [-0.3, -0.25) is 9.59 Å². The number of unbranched alkanes of at least 4 members (excludes halogenated alkanes) is 33. The lowest BCUT2D eigenvalue weighted by Crippen LogP contribution is -2.59. The lowest BCUT2D eigenvalue weighted by Gasteiger charge is -2.39. The fraction of sp³-hybridized carbons (Fsp3) is 0.960. The Bertz CT molecular complexity index is 948. The quantitative estimate of drug-likeness (QED) is 0.0344. The molecule has 0 aromatic carbocycles. The second-order valence-corrected chi connectivity index (χ2v) is 18.0. The molecule has 0 aliphatic carbocycles. The largest absolute Gasteiger partial charge is 0.462 e. The van der Waals surface area contributed by atoms with Gasteiger partial charge in [0, 0.05) is 12.8 Å². The smallest absolute Gasteiger partial charge is 0.306 e. The number of carbonyl (C=O) groups excluding carboxylic acids is 2. The predicted octanol–water partition coefficient (Wildman–Crippen LogP) is 11.7. The normalized spacial score (nSPS) is 19.7. The maximum Gasteiger partial charge on any atom is 0.306 e. The minimum Gasteiger partial charge on any atom is -0.462 e. The van der Waals surface area contributed by atoms with Crippen LogP contribution in [0.1, 0.15) is 251 Å². The molecule has 4 N–H and O–H groups in total. The van der Waals surface area contributed by atoms with Crippen LogP contribution in [0.2, 0.25) is 0 Å². The van der Waals surface area contributed by atoms with Crippen molar-refractivity contribution < 1.29 is 49.0 Å². The van der Waals surface area contributed by atoms with E-state index >= 15 is 0 Å². The van der Waals surface area contributed by atoms with Crippen molar-refractivity contribution in [1.29, 1.82) is 0 Å². The first-order valence-corrected chi connectivity index (χ1v) is 25.6. The van der Waals surface area contributed by atoms with Crippen molar-refractivity contribution in [3.63, 3.8) is 0 Å². The second kappa shape index (κ2) is 41.7. The summed E-state index contributed by atoms with van der Waals surface area (Å²) in [4.78, 5) is 25.4. The standard InChI is InChI=1S/C50H96O10/c1-3-5-7-9-11-13-15-17-19-21-23-24-26-28-30-32-34-36-38-45(52)57-41-43(42-58-50-49(56)48(55)47(54)44(40-51)60-50)59-46(53)39-37-35-33-31-29-27-25-22-20-18-16-14-12-10-8-6-4-2/h43-44,47-51,54-56H,3-42H2,1-2H3/t43-,44-,47+,48?,49?,50-/m0/s1. The Morgan fingerprint density at radius 3 is 1.13 bits per heavy atom. The first-order chi connectivity index (χ1) is 29.3. The number of carbonyl (C=O) groups is 2. The summed E-state index contributed by atoms with van der Waals surface area (Å²) in [6.07, 6.45) is 36.8. The SMILES string of the molecule is CCCCCCCCCCCCCCCCCCCCC(=O)OC[C@@H](CO[C@H]1O[C@@H](CO)[C@@H](O)C(O)C1O)OC(=O)CCCCCCCCCCCCCCCCCCC. The molecule has 0 radical (unpaired) electrons. The molecule has 2 unspecified atom stereocenters. The van der Waals surface area contributed by atoms with Gasteiger partial charge >= 0.3 is 11.9 Å². The van der Waals surface area contributed by atoms with E-state index in [4.69, 9.17) is 18.9 Å². The van der Waals surface area contributed by atoms with Crippen molar-refractivity contribution in [2.75, 3.05) is 19.8 Å². The van der Waals surface area contributed by atoms with Crippen LogP contribution in [-0.4, -0.2) is 89.0 Å². The number of ether oxygens (including phenoxy) is 4. The van der Waals surface area contributed by atoms with Gasteiger partial charge < -0.3 is 39.4 Å². The zero-order valence-corrected chi connectivity index (χ0v) is 39.0. The van der Waals surface area contributed by atoms with Gasteiger partial charge in [-0.15, -0.1) is 0 Å². The number of aliphatic hydroxyl groups is 4. The first kappa shape index (κ1) is 56.7. The summed E-state index contributed by atoms with van der Waals surface area (Å²) in [5.74, 6) is -0.786. The monoisotopic (exact) mass is 857 g/mol. The third kappa shape index (κ3) is 32.4. The molecule has 1 saturated heterocycles. The van der Waals surface area contributed by atoms with Crippen LogP contribution in [0, 0.1) is 0 Å². The molecule has 6 atom stereocenters. The lowest BCUT2D eigenvalue weighted by molar-refractivity contribution is -0.305. The number of rotatable bonds is 44. The summed E-state index contributed by atoms with van der Waals surface area (Å²) in [6.45, 7) is 3.48. The molecule has 356 valence electrons. The van der Waals surface area contributed by atoms with Crippen molar-refractivity contribution >= 4 is 11.9 Å². The summed E-state index contributed by atoms with van der Waals surface area (Å²) in [6, 6.07) is 0. The summed E-state index contributed by atoms with van der Waals surface area (Å²) < 4.78 is 22.3. The van der Waals surface area contributed by atoms with Crippen LogP contribution in [0.5, 0.6) is 0 Å². The summed E-state index contributed by atoms with van der Waals surface area (Å²) in [5, 5.41) is 40.2. The van der Waals surface area contributed by atoms with Crippen molar-refractivity contribution in [2.45, 2.75) is 288 Å². The summed E-state index contributed by atoms with van der Waals surface area (Å²) in [7, 11) is 0. The van der Waals surface area contributed by atoms with E-state index in [-0.39, 0.29) is 32.0 Å². The van der Waals surface area contributed by atoms with Crippen LogP contribution < -0.4 is 0 Å². The highest BCUT2D eigenvalue weighted by Gasteiger charge is 2.44. The van der Waals surface area contributed by atoms with Gasteiger partial charge in [-0.1, -0.05) is 226 Å². The Kier molecular flexibility index (Phi) is 39.4. The molecule has 1 aliphatic heterocycles. The summed E-state index contributed by atoms with van der Waals surface area (Å²) >= 11 is 0. The zero-order valence-electron chi connectivity index (χ0n) is 39.0. The van der Waals surface area contributed by atoms with Gasteiger partial charge in [0.1, 0.15) is 31.0 Å². The van der Waals surface area contributed by atoms with Crippen molar-refractivity contribution in [1.82, 2.24) is 0 Å². The number of esters is 2. The topological polar surface area (TPSA) is 152 Å². The van der Waals surface area contributed by atoms with Crippen LogP contribution in [0.3, 0.4) is 0 Å². The molecule has 1 fully saturated rings. The highest BCUT2D eigenvalue weighted by molar-refractivity contribution is 5.70. The first-order valence-electron chi connectivity index (χ1n) is 25.6. The molecule has 60 heavy (non-hydrogen) atoms. The molecule has 0 saturated carbocycles. The van der Waals surface area contributed by atoms with Gasteiger partial charge in [-0.25, -0.2) is 0 Å². The molecule has 1 aliphatic rings. The maximum absolute atomic E-state index is 12.8. The van der Waals surface area contributed by atoms with Gasteiger partial charge in [0.05, 0.1) is 13.2 Å². The fourth-order valence-corrected chi connectivity index (χ4v) is 8.19. The molecule has 1 heterocycles. The maximum atomic E-state index is 12.8. The van der Waals surface area contributed by atoms with E-state index in [0.717, 1.165) is 38.5 Å². The van der Waals surface area contributed by atoms with E-state index in [1.54, 1.807) is 0 Å². The van der Waals surface area contributed by atoms with Gasteiger partial charge in [0.15, 0.2) is 12.4 Å².